The van der Waals surface area contributed by atoms with Gasteiger partial charge in [-0.2, -0.15) is 4.98 Å². The van der Waals surface area contributed by atoms with Gasteiger partial charge in [0, 0.05) is 6.20 Å². The van der Waals surface area contributed by atoms with Gasteiger partial charge < -0.3 is 15.8 Å². The van der Waals surface area contributed by atoms with Crippen molar-refractivity contribution in [2.75, 3.05) is 18.2 Å². The average molecular weight is 246 g/mol. The summed E-state index contributed by atoms with van der Waals surface area (Å²) in [6, 6.07) is 0. The molecule has 7 heteroatoms. The largest absolute Gasteiger partial charge is 0.479 e. The first kappa shape index (κ1) is 12.0. The third-order valence-electron chi connectivity index (χ3n) is 2.31. The van der Waals surface area contributed by atoms with Crippen LogP contribution in [0.1, 0.15) is 11.4 Å². The lowest BCUT2D eigenvalue weighted by atomic mass is 10.4. The van der Waals surface area contributed by atoms with Crippen molar-refractivity contribution in [2.45, 2.75) is 13.5 Å². The topological polar surface area (TPSA) is 98.8 Å². The smallest absolute Gasteiger partial charge is 0.242 e. The van der Waals surface area contributed by atoms with Crippen molar-refractivity contribution in [3.63, 3.8) is 0 Å². The van der Waals surface area contributed by atoms with Gasteiger partial charge in [-0.05, 0) is 6.92 Å². The fraction of sp³-hybridized carbons (Fsp3) is 0.273. The Morgan fingerprint density at radius 1 is 1.22 bits per heavy atom. The first-order valence-corrected chi connectivity index (χ1v) is 5.36. The SMILES string of the molecule is COc1ncnc(NCc2cnc(C)cn2)c1N. The Kier molecular flexibility index (Phi) is 3.52. The fourth-order valence-electron chi connectivity index (χ4n) is 1.37. The van der Waals surface area contributed by atoms with Crippen LogP contribution in [0.15, 0.2) is 18.7 Å². The number of aryl methyl sites for hydroxylation is 1. The van der Waals surface area contributed by atoms with Crippen molar-refractivity contribution in [3.05, 3.63) is 30.1 Å². The predicted molar refractivity (Wildman–Crippen MR) is 67.1 cm³/mol. The molecule has 2 heterocycles. The molecule has 0 spiro atoms. The fourth-order valence-corrected chi connectivity index (χ4v) is 1.37. The van der Waals surface area contributed by atoms with E-state index in [2.05, 4.69) is 25.3 Å². The molecule has 18 heavy (non-hydrogen) atoms. The summed E-state index contributed by atoms with van der Waals surface area (Å²) in [7, 11) is 1.51. The summed E-state index contributed by atoms with van der Waals surface area (Å²) >= 11 is 0. The van der Waals surface area contributed by atoms with Gasteiger partial charge in [-0.1, -0.05) is 0 Å². The van der Waals surface area contributed by atoms with Gasteiger partial charge in [-0.3, -0.25) is 9.97 Å². The maximum atomic E-state index is 5.83. The number of nitrogen functional groups attached to an aromatic ring is 1. The molecule has 0 amide bonds. The summed E-state index contributed by atoms with van der Waals surface area (Å²) in [5.41, 5.74) is 7.89. The number of nitrogens with zero attached hydrogens (tertiary/aromatic N) is 4. The van der Waals surface area contributed by atoms with Crippen LogP contribution in [-0.4, -0.2) is 27.0 Å². The van der Waals surface area contributed by atoms with Gasteiger partial charge in [0.2, 0.25) is 5.88 Å². The van der Waals surface area contributed by atoms with Gasteiger partial charge in [0.25, 0.3) is 0 Å². The summed E-state index contributed by atoms with van der Waals surface area (Å²) < 4.78 is 5.01. The molecule has 0 aromatic carbocycles. The summed E-state index contributed by atoms with van der Waals surface area (Å²) in [5, 5.41) is 3.06. The Bertz CT molecular complexity index is 528. The summed E-state index contributed by atoms with van der Waals surface area (Å²) in [6.45, 7) is 2.37. The van der Waals surface area contributed by atoms with Crippen LogP contribution in [0, 0.1) is 6.92 Å². The number of hydrogen-bond donors (Lipinski definition) is 2. The highest BCUT2D eigenvalue weighted by Gasteiger charge is 2.07. The quantitative estimate of drug-likeness (QED) is 0.822. The molecule has 0 unspecified atom stereocenters. The van der Waals surface area contributed by atoms with Gasteiger partial charge in [-0.15, -0.1) is 0 Å². The Morgan fingerprint density at radius 2 is 2.06 bits per heavy atom. The van der Waals surface area contributed by atoms with Crippen LogP contribution >= 0.6 is 0 Å². The molecule has 0 aliphatic carbocycles. The molecular weight excluding hydrogens is 232 g/mol. The lowest BCUT2D eigenvalue weighted by molar-refractivity contribution is 0.399. The number of methoxy groups -OCH3 is 1. The van der Waals surface area contributed by atoms with E-state index in [9.17, 15) is 0 Å². The highest BCUT2D eigenvalue weighted by molar-refractivity contribution is 5.66. The molecule has 94 valence electrons. The Labute approximate surface area is 104 Å². The molecule has 0 atom stereocenters. The molecule has 0 radical (unpaired) electrons. The normalized spacial score (nSPS) is 10.1. The number of ether oxygens (including phenoxy) is 1. The standard InChI is InChI=1S/C11H14N6O/c1-7-3-14-8(4-13-7)5-15-10-9(12)11(18-2)17-6-16-10/h3-4,6H,5,12H2,1-2H3,(H,15,16,17). The molecule has 0 aliphatic rings. The molecule has 0 fully saturated rings. The Hall–Kier alpha value is -2.44. The third-order valence-corrected chi connectivity index (χ3v) is 2.31. The van der Waals surface area contributed by atoms with E-state index in [1.54, 1.807) is 12.4 Å². The molecule has 0 saturated carbocycles. The molecular formula is C11H14N6O. The summed E-state index contributed by atoms with van der Waals surface area (Å²) in [5.74, 6) is 0.867. The molecule has 7 nitrogen and oxygen atoms in total. The van der Waals surface area contributed by atoms with Gasteiger partial charge in [0.15, 0.2) is 5.82 Å². The van der Waals surface area contributed by atoms with Gasteiger partial charge in [0.1, 0.15) is 12.0 Å². The first-order valence-electron chi connectivity index (χ1n) is 5.36. The van der Waals surface area contributed by atoms with Crippen LogP contribution in [0.25, 0.3) is 0 Å². The zero-order valence-electron chi connectivity index (χ0n) is 10.2. The van der Waals surface area contributed by atoms with Crippen LogP contribution < -0.4 is 15.8 Å². The van der Waals surface area contributed by atoms with Gasteiger partial charge in [-0.25, -0.2) is 4.98 Å². The maximum absolute atomic E-state index is 5.83. The number of nitrogens with two attached hydrogens (primary N) is 1. The Morgan fingerprint density at radius 3 is 2.72 bits per heavy atom. The zero-order valence-corrected chi connectivity index (χ0v) is 10.2. The van der Waals surface area contributed by atoms with Crippen molar-refractivity contribution < 1.29 is 4.74 Å². The molecule has 0 saturated heterocycles. The number of nitrogens with one attached hydrogen (secondary N) is 1. The highest BCUT2D eigenvalue weighted by Crippen LogP contribution is 2.24. The van der Waals surface area contributed by atoms with Crippen molar-refractivity contribution >= 4 is 11.5 Å². The van der Waals surface area contributed by atoms with Crippen LogP contribution in [0.5, 0.6) is 5.88 Å². The summed E-state index contributed by atoms with van der Waals surface area (Å²) in [4.78, 5) is 16.3. The predicted octanol–water partition coefficient (Wildman–Crippen LogP) is 0.778. The van der Waals surface area contributed by atoms with Crippen molar-refractivity contribution in [1.82, 2.24) is 19.9 Å². The van der Waals surface area contributed by atoms with Crippen LogP contribution in [0.2, 0.25) is 0 Å². The van der Waals surface area contributed by atoms with E-state index >= 15 is 0 Å². The average Bonchev–Trinajstić information content (AvgIpc) is 2.39. The van der Waals surface area contributed by atoms with Crippen molar-refractivity contribution in [1.29, 1.82) is 0 Å². The second-order valence-corrected chi connectivity index (χ2v) is 3.65. The van der Waals surface area contributed by atoms with E-state index in [0.29, 0.717) is 23.9 Å². The van der Waals surface area contributed by atoms with Crippen molar-refractivity contribution in [3.8, 4) is 5.88 Å². The van der Waals surface area contributed by atoms with Gasteiger partial charge in [0.05, 0.1) is 31.2 Å². The molecule has 0 bridgehead atoms. The van der Waals surface area contributed by atoms with E-state index in [1.165, 1.54) is 13.4 Å². The second-order valence-electron chi connectivity index (χ2n) is 3.65. The molecule has 3 N–H and O–H groups in total. The molecule has 2 aromatic rings. The minimum atomic E-state index is 0.350. The van der Waals surface area contributed by atoms with Crippen LogP contribution in [-0.2, 0) is 6.54 Å². The Balaban J connectivity index is 2.08. The minimum absolute atomic E-state index is 0.350. The van der Waals surface area contributed by atoms with Crippen LogP contribution in [0.4, 0.5) is 11.5 Å². The van der Waals surface area contributed by atoms with Crippen molar-refractivity contribution in [2.24, 2.45) is 0 Å². The third kappa shape index (κ3) is 2.62. The van der Waals surface area contributed by atoms with E-state index in [0.717, 1.165) is 11.4 Å². The summed E-state index contributed by atoms with van der Waals surface area (Å²) in [6.07, 6.45) is 4.80. The molecule has 2 rings (SSSR count). The molecule has 0 aliphatic heterocycles. The monoisotopic (exact) mass is 246 g/mol. The van der Waals surface area contributed by atoms with E-state index in [-0.39, 0.29) is 0 Å². The maximum Gasteiger partial charge on any atom is 0.242 e. The van der Waals surface area contributed by atoms with E-state index in [1.807, 2.05) is 6.92 Å². The second kappa shape index (κ2) is 5.26. The first-order chi connectivity index (χ1) is 8.70. The van der Waals surface area contributed by atoms with Gasteiger partial charge >= 0.3 is 0 Å². The number of hydrogen-bond acceptors (Lipinski definition) is 7. The highest BCUT2D eigenvalue weighted by atomic mass is 16.5. The number of aromatic nitrogens is 4. The van der Waals surface area contributed by atoms with E-state index in [4.69, 9.17) is 10.5 Å². The van der Waals surface area contributed by atoms with Crippen LogP contribution in [0.3, 0.4) is 0 Å². The minimum Gasteiger partial charge on any atom is -0.479 e. The lowest BCUT2D eigenvalue weighted by Crippen LogP contribution is -2.08. The van der Waals surface area contributed by atoms with E-state index < -0.39 is 0 Å². The number of rotatable bonds is 4. The zero-order chi connectivity index (χ0) is 13.0. The number of anilines is 2. The molecule has 2 aromatic heterocycles. The lowest BCUT2D eigenvalue weighted by Gasteiger charge is -2.09.